The quantitative estimate of drug-likeness (QED) is 0.869. The summed E-state index contributed by atoms with van der Waals surface area (Å²) in [6.45, 7) is 2.23. The lowest BCUT2D eigenvalue weighted by Crippen LogP contribution is -2.31. The van der Waals surface area contributed by atoms with E-state index in [-0.39, 0.29) is 4.90 Å². The van der Waals surface area contributed by atoms with E-state index in [0.29, 0.717) is 18.5 Å². The van der Waals surface area contributed by atoms with Gasteiger partial charge in [-0.15, -0.1) is 0 Å². The van der Waals surface area contributed by atoms with Gasteiger partial charge in [0.2, 0.25) is 10.0 Å². The highest BCUT2D eigenvalue weighted by Crippen LogP contribution is 2.16. The van der Waals surface area contributed by atoms with E-state index in [1.165, 1.54) is 0 Å². The topological polar surface area (TPSA) is 58.2 Å². The molecule has 1 aromatic rings. The average molecular weight is 304 g/mol. The predicted molar refractivity (Wildman–Crippen MR) is 71.8 cm³/mol. The monoisotopic (exact) mass is 304 g/mol. The summed E-state index contributed by atoms with van der Waals surface area (Å²) < 4.78 is 52.1. The van der Waals surface area contributed by atoms with Crippen LogP contribution >= 0.6 is 0 Å². The van der Waals surface area contributed by atoms with Gasteiger partial charge in [0.25, 0.3) is 0 Å². The largest absolute Gasteiger partial charge is 0.317 e. The van der Waals surface area contributed by atoms with Crippen LogP contribution in [0.25, 0.3) is 0 Å². The third kappa shape index (κ3) is 3.97. The second-order valence-corrected chi connectivity index (χ2v) is 6.72. The molecule has 0 aromatic heterocycles. The van der Waals surface area contributed by atoms with Crippen molar-refractivity contribution in [3.05, 3.63) is 29.8 Å². The fourth-order valence-electron chi connectivity index (χ4n) is 2.30. The van der Waals surface area contributed by atoms with Crippen molar-refractivity contribution in [2.75, 3.05) is 19.6 Å². The highest BCUT2D eigenvalue weighted by atomic mass is 32.2. The average Bonchev–Trinajstić information content (AvgIpc) is 2.43. The SMILES string of the molecule is O=S(=O)(NCCC1CCNCC1)c1ccc(F)c(F)c1. The maximum Gasteiger partial charge on any atom is 0.240 e. The first-order chi connectivity index (χ1) is 9.49. The van der Waals surface area contributed by atoms with Gasteiger partial charge in [0, 0.05) is 6.54 Å². The first kappa shape index (κ1) is 15.3. The van der Waals surface area contributed by atoms with Crippen molar-refractivity contribution in [3.8, 4) is 0 Å². The smallest absolute Gasteiger partial charge is 0.240 e. The predicted octanol–water partition coefficient (Wildman–Crippen LogP) is 1.63. The van der Waals surface area contributed by atoms with Crippen LogP contribution in [-0.2, 0) is 10.0 Å². The van der Waals surface area contributed by atoms with Crippen LogP contribution in [0.15, 0.2) is 23.1 Å². The lowest BCUT2D eigenvalue weighted by molar-refractivity contribution is 0.354. The zero-order valence-corrected chi connectivity index (χ0v) is 11.8. The molecule has 1 aliphatic heterocycles. The van der Waals surface area contributed by atoms with E-state index in [0.717, 1.165) is 44.5 Å². The normalized spacial score (nSPS) is 17.3. The number of nitrogens with one attached hydrogen (secondary N) is 2. The van der Waals surface area contributed by atoms with E-state index in [1.807, 2.05) is 0 Å². The number of benzene rings is 1. The van der Waals surface area contributed by atoms with Crippen LogP contribution in [-0.4, -0.2) is 28.1 Å². The molecular formula is C13H18F2N2O2S. The third-order valence-electron chi connectivity index (χ3n) is 3.50. The molecule has 0 radical (unpaired) electrons. The molecule has 4 nitrogen and oxygen atoms in total. The molecule has 1 aliphatic rings. The molecule has 1 aromatic carbocycles. The van der Waals surface area contributed by atoms with Gasteiger partial charge in [-0.1, -0.05) is 0 Å². The van der Waals surface area contributed by atoms with Gasteiger partial charge in [-0.2, -0.15) is 0 Å². The lowest BCUT2D eigenvalue weighted by Gasteiger charge is -2.22. The van der Waals surface area contributed by atoms with Crippen molar-refractivity contribution in [1.29, 1.82) is 0 Å². The first-order valence-corrected chi connectivity index (χ1v) is 8.13. The number of halogens is 2. The second kappa shape index (κ2) is 6.60. The molecule has 0 unspecified atom stereocenters. The highest BCUT2D eigenvalue weighted by Gasteiger charge is 2.18. The van der Waals surface area contributed by atoms with E-state index in [2.05, 4.69) is 10.0 Å². The standard InChI is InChI=1S/C13H18F2N2O2S/c14-12-2-1-11(9-13(12)15)20(18,19)17-8-5-10-3-6-16-7-4-10/h1-2,9-10,16-17H,3-8H2. The maximum absolute atomic E-state index is 13.0. The van der Waals surface area contributed by atoms with Crippen LogP contribution < -0.4 is 10.0 Å². The van der Waals surface area contributed by atoms with Crippen molar-refractivity contribution >= 4 is 10.0 Å². The van der Waals surface area contributed by atoms with Gasteiger partial charge < -0.3 is 5.32 Å². The van der Waals surface area contributed by atoms with Gasteiger partial charge in [-0.05, 0) is 56.5 Å². The molecular weight excluding hydrogens is 286 g/mol. The lowest BCUT2D eigenvalue weighted by atomic mass is 9.95. The van der Waals surface area contributed by atoms with E-state index in [1.54, 1.807) is 0 Å². The fraction of sp³-hybridized carbons (Fsp3) is 0.538. The molecule has 0 spiro atoms. The highest BCUT2D eigenvalue weighted by molar-refractivity contribution is 7.89. The maximum atomic E-state index is 13.0. The molecule has 2 rings (SSSR count). The Morgan fingerprint density at radius 1 is 1.20 bits per heavy atom. The van der Waals surface area contributed by atoms with Crippen molar-refractivity contribution in [2.45, 2.75) is 24.2 Å². The van der Waals surface area contributed by atoms with E-state index in [4.69, 9.17) is 0 Å². The number of piperidine rings is 1. The van der Waals surface area contributed by atoms with Crippen molar-refractivity contribution < 1.29 is 17.2 Å². The molecule has 0 atom stereocenters. The van der Waals surface area contributed by atoms with E-state index < -0.39 is 21.7 Å². The van der Waals surface area contributed by atoms with Crippen molar-refractivity contribution in [3.63, 3.8) is 0 Å². The minimum atomic E-state index is -3.77. The Bertz CT molecular complexity index is 557. The molecule has 20 heavy (non-hydrogen) atoms. The Kier molecular flexibility index (Phi) is 5.06. The molecule has 1 fully saturated rings. The van der Waals surface area contributed by atoms with Crippen LogP contribution in [0.2, 0.25) is 0 Å². The van der Waals surface area contributed by atoms with Crippen molar-refractivity contribution in [1.82, 2.24) is 10.0 Å². The summed E-state index contributed by atoms with van der Waals surface area (Å²) in [6, 6.07) is 2.57. The number of sulfonamides is 1. The molecule has 0 amide bonds. The van der Waals surface area contributed by atoms with Crippen molar-refractivity contribution in [2.24, 2.45) is 5.92 Å². The van der Waals surface area contributed by atoms with Crippen LogP contribution in [0.1, 0.15) is 19.3 Å². The Balaban J connectivity index is 1.91. The Morgan fingerprint density at radius 2 is 1.90 bits per heavy atom. The summed E-state index contributed by atoms with van der Waals surface area (Å²) >= 11 is 0. The molecule has 0 bridgehead atoms. The van der Waals surface area contributed by atoms with Crippen LogP contribution in [0.3, 0.4) is 0 Å². The summed E-state index contributed by atoms with van der Waals surface area (Å²) in [7, 11) is -3.77. The molecule has 0 saturated carbocycles. The summed E-state index contributed by atoms with van der Waals surface area (Å²) in [5.41, 5.74) is 0. The fourth-order valence-corrected chi connectivity index (χ4v) is 3.35. The van der Waals surface area contributed by atoms with Crippen LogP contribution in [0, 0.1) is 17.6 Å². The van der Waals surface area contributed by atoms with Gasteiger partial charge in [0.1, 0.15) is 0 Å². The number of rotatable bonds is 5. The molecule has 2 N–H and O–H groups in total. The van der Waals surface area contributed by atoms with Gasteiger partial charge in [0.05, 0.1) is 4.90 Å². The second-order valence-electron chi connectivity index (χ2n) is 4.96. The first-order valence-electron chi connectivity index (χ1n) is 6.64. The minimum absolute atomic E-state index is 0.248. The van der Waals surface area contributed by atoms with Gasteiger partial charge in [-0.25, -0.2) is 21.9 Å². The van der Waals surface area contributed by atoms with Gasteiger partial charge in [-0.3, -0.25) is 0 Å². The van der Waals surface area contributed by atoms with E-state index >= 15 is 0 Å². The third-order valence-corrected chi connectivity index (χ3v) is 4.96. The molecule has 7 heteroatoms. The zero-order chi connectivity index (χ0) is 14.6. The number of hydrogen-bond donors (Lipinski definition) is 2. The van der Waals surface area contributed by atoms with Gasteiger partial charge >= 0.3 is 0 Å². The Labute approximate surface area is 117 Å². The Hall–Kier alpha value is -1.05. The molecule has 1 saturated heterocycles. The Morgan fingerprint density at radius 3 is 2.55 bits per heavy atom. The molecule has 1 heterocycles. The summed E-state index contributed by atoms with van der Waals surface area (Å²) in [6.07, 6.45) is 2.82. The molecule has 112 valence electrons. The molecule has 0 aliphatic carbocycles. The van der Waals surface area contributed by atoms with Crippen LogP contribution in [0.4, 0.5) is 8.78 Å². The summed E-state index contributed by atoms with van der Waals surface area (Å²) in [5.74, 6) is -1.71. The van der Waals surface area contributed by atoms with E-state index in [9.17, 15) is 17.2 Å². The van der Waals surface area contributed by atoms with Gasteiger partial charge in [0.15, 0.2) is 11.6 Å². The zero-order valence-electron chi connectivity index (χ0n) is 11.0. The minimum Gasteiger partial charge on any atom is -0.317 e. The summed E-state index contributed by atoms with van der Waals surface area (Å²) in [5, 5.41) is 3.24. The van der Waals surface area contributed by atoms with Crippen LogP contribution in [0.5, 0.6) is 0 Å². The summed E-state index contributed by atoms with van der Waals surface area (Å²) in [4.78, 5) is -0.248. The number of hydrogen-bond acceptors (Lipinski definition) is 3.